The lowest BCUT2D eigenvalue weighted by atomic mass is 10.1. The summed E-state index contributed by atoms with van der Waals surface area (Å²) in [5.41, 5.74) is 1.26. The molecule has 1 heterocycles. The number of hydrogen-bond acceptors (Lipinski definition) is 4. The Morgan fingerprint density at radius 1 is 1.36 bits per heavy atom. The summed E-state index contributed by atoms with van der Waals surface area (Å²) in [7, 11) is 1.38. The van der Waals surface area contributed by atoms with Crippen LogP contribution in [-0.4, -0.2) is 42.2 Å². The third-order valence-corrected chi connectivity index (χ3v) is 5.18. The van der Waals surface area contributed by atoms with E-state index in [-0.39, 0.29) is 23.8 Å². The number of ether oxygens (including phenoxy) is 1. The molecular formula is C17H23NO3S. The second-order valence-corrected chi connectivity index (χ2v) is 6.64. The van der Waals surface area contributed by atoms with E-state index >= 15 is 0 Å². The van der Waals surface area contributed by atoms with Crippen LogP contribution in [0.1, 0.15) is 25.3 Å². The van der Waals surface area contributed by atoms with E-state index in [2.05, 4.69) is 12.1 Å². The number of nitrogens with zero attached hydrogens (tertiary/aromatic N) is 1. The number of benzene rings is 1. The fraction of sp³-hybridized carbons (Fsp3) is 0.529. The highest BCUT2D eigenvalue weighted by atomic mass is 32.2. The molecule has 0 aliphatic carbocycles. The van der Waals surface area contributed by atoms with Crippen LogP contribution in [0.15, 0.2) is 30.3 Å². The number of carbonyl (C=O) groups is 2. The van der Waals surface area contributed by atoms with Crippen molar-refractivity contribution in [2.75, 3.05) is 19.4 Å². The van der Waals surface area contributed by atoms with Crippen molar-refractivity contribution in [2.24, 2.45) is 5.92 Å². The summed E-state index contributed by atoms with van der Waals surface area (Å²) in [5.74, 6) is 1.35. The number of likely N-dealkylation sites (tertiary alicyclic amines) is 1. The molecule has 1 amide bonds. The van der Waals surface area contributed by atoms with E-state index in [1.54, 1.807) is 16.7 Å². The summed E-state index contributed by atoms with van der Waals surface area (Å²) in [6.45, 7) is 2.60. The maximum Gasteiger partial charge on any atom is 0.328 e. The van der Waals surface area contributed by atoms with Gasteiger partial charge in [0.05, 0.1) is 7.11 Å². The SMILES string of the molecule is COC(=O)[C@@H]1CCCN1C(=O)[C@H](C)CSCc1ccccc1. The van der Waals surface area contributed by atoms with Crippen LogP contribution in [0.3, 0.4) is 0 Å². The largest absolute Gasteiger partial charge is 0.467 e. The van der Waals surface area contributed by atoms with Gasteiger partial charge in [0, 0.05) is 24.0 Å². The first-order chi connectivity index (χ1) is 10.6. The number of hydrogen-bond donors (Lipinski definition) is 0. The van der Waals surface area contributed by atoms with E-state index in [0.29, 0.717) is 13.0 Å². The summed E-state index contributed by atoms with van der Waals surface area (Å²) >= 11 is 1.75. The summed E-state index contributed by atoms with van der Waals surface area (Å²) in [6, 6.07) is 9.84. The lowest BCUT2D eigenvalue weighted by molar-refractivity contribution is -0.151. The molecule has 2 atom stereocenters. The zero-order valence-corrected chi connectivity index (χ0v) is 14.0. The molecule has 1 aliphatic heterocycles. The molecule has 22 heavy (non-hydrogen) atoms. The number of esters is 1. The summed E-state index contributed by atoms with van der Waals surface area (Å²) < 4.78 is 4.80. The first-order valence-electron chi connectivity index (χ1n) is 7.63. The van der Waals surface area contributed by atoms with E-state index in [9.17, 15) is 9.59 Å². The van der Waals surface area contributed by atoms with Gasteiger partial charge in [-0.3, -0.25) is 4.79 Å². The maximum absolute atomic E-state index is 12.5. The lowest BCUT2D eigenvalue weighted by Gasteiger charge is -2.25. The monoisotopic (exact) mass is 321 g/mol. The summed E-state index contributed by atoms with van der Waals surface area (Å²) in [5, 5.41) is 0. The molecule has 0 spiro atoms. The van der Waals surface area contributed by atoms with Gasteiger partial charge in [-0.1, -0.05) is 37.3 Å². The van der Waals surface area contributed by atoms with Crippen LogP contribution < -0.4 is 0 Å². The molecule has 0 unspecified atom stereocenters. The minimum Gasteiger partial charge on any atom is -0.467 e. The Hall–Kier alpha value is -1.49. The van der Waals surface area contributed by atoms with Gasteiger partial charge in [0.15, 0.2) is 0 Å². The third kappa shape index (κ3) is 4.26. The van der Waals surface area contributed by atoms with Crippen LogP contribution in [0.25, 0.3) is 0 Å². The van der Waals surface area contributed by atoms with Gasteiger partial charge < -0.3 is 9.64 Å². The third-order valence-electron chi connectivity index (χ3n) is 3.91. The van der Waals surface area contributed by atoms with Gasteiger partial charge >= 0.3 is 5.97 Å². The van der Waals surface area contributed by atoms with Gasteiger partial charge in [0.2, 0.25) is 5.91 Å². The van der Waals surface area contributed by atoms with Gasteiger partial charge in [-0.15, -0.1) is 0 Å². The molecule has 5 heteroatoms. The molecule has 0 aromatic heterocycles. The number of amides is 1. The quantitative estimate of drug-likeness (QED) is 0.756. The van der Waals surface area contributed by atoms with Crippen LogP contribution in [-0.2, 0) is 20.1 Å². The molecule has 2 rings (SSSR count). The molecule has 1 aliphatic rings. The van der Waals surface area contributed by atoms with E-state index < -0.39 is 0 Å². The summed E-state index contributed by atoms with van der Waals surface area (Å²) in [6.07, 6.45) is 1.58. The van der Waals surface area contributed by atoms with E-state index in [4.69, 9.17) is 4.74 Å². The first-order valence-corrected chi connectivity index (χ1v) is 8.79. The second kappa shape index (κ2) is 8.22. The minimum atomic E-state index is -0.390. The minimum absolute atomic E-state index is 0.0634. The highest BCUT2D eigenvalue weighted by Crippen LogP contribution is 2.23. The van der Waals surface area contributed by atoms with Crippen molar-refractivity contribution in [3.8, 4) is 0 Å². The van der Waals surface area contributed by atoms with Crippen LogP contribution in [0.2, 0.25) is 0 Å². The standard InChI is InChI=1S/C17H23NO3S/c1-13(11-22-12-14-7-4-3-5-8-14)16(19)18-10-6-9-15(18)17(20)21-2/h3-5,7-8,13,15H,6,9-12H2,1-2H3/t13-,15+/m1/s1. The summed E-state index contributed by atoms with van der Waals surface area (Å²) in [4.78, 5) is 25.9. The molecule has 120 valence electrons. The van der Waals surface area contributed by atoms with Gasteiger partial charge in [-0.25, -0.2) is 4.79 Å². The van der Waals surface area contributed by atoms with Crippen molar-refractivity contribution in [2.45, 2.75) is 31.6 Å². The van der Waals surface area contributed by atoms with Crippen LogP contribution in [0.4, 0.5) is 0 Å². The Morgan fingerprint density at radius 2 is 2.09 bits per heavy atom. The fourth-order valence-electron chi connectivity index (χ4n) is 2.69. The van der Waals surface area contributed by atoms with E-state index in [0.717, 1.165) is 17.9 Å². The highest BCUT2D eigenvalue weighted by molar-refractivity contribution is 7.98. The molecule has 1 fully saturated rings. The average Bonchev–Trinajstić information content (AvgIpc) is 3.03. The zero-order valence-electron chi connectivity index (χ0n) is 13.2. The lowest BCUT2D eigenvalue weighted by Crippen LogP contribution is -2.44. The van der Waals surface area contributed by atoms with Gasteiger partial charge in [0.25, 0.3) is 0 Å². The predicted octanol–water partition coefficient (Wildman–Crippen LogP) is 2.72. The number of methoxy groups -OCH3 is 1. The molecule has 0 bridgehead atoms. The molecule has 1 aromatic carbocycles. The number of rotatable bonds is 6. The maximum atomic E-state index is 12.5. The molecule has 1 saturated heterocycles. The average molecular weight is 321 g/mol. The van der Waals surface area contributed by atoms with Crippen LogP contribution in [0.5, 0.6) is 0 Å². The normalized spacial score (nSPS) is 19.0. The molecule has 1 aromatic rings. The predicted molar refractivity (Wildman–Crippen MR) is 88.5 cm³/mol. The molecule has 0 N–H and O–H groups in total. The molecule has 4 nitrogen and oxygen atoms in total. The van der Waals surface area contributed by atoms with Crippen molar-refractivity contribution in [1.29, 1.82) is 0 Å². The Bertz CT molecular complexity index is 506. The Labute approximate surface area is 136 Å². The fourth-order valence-corrected chi connectivity index (χ4v) is 3.74. The highest BCUT2D eigenvalue weighted by Gasteiger charge is 2.36. The molecule has 0 saturated carbocycles. The van der Waals surface area contributed by atoms with Crippen molar-refractivity contribution in [1.82, 2.24) is 4.90 Å². The van der Waals surface area contributed by atoms with E-state index in [1.807, 2.05) is 25.1 Å². The Kier molecular flexibility index (Phi) is 6.31. The van der Waals surface area contributed by atoms with Crippen molar-refractivity contribution < 1.29 is 14.3 Å². The zero-order chi connectivity index (χ0) is 15.9. The first kappa shape index (κ1) is 16.9. The molecular weight excluding hydrogens is 298 g/mol. The topological polar surface area (TPSA) is 46.6 Å². The van der Waals surface area contributed by atoms with Crippen LogP contribution >= 0.6 is 11.8 Å². The van der Waals surface area contributed by atoms with Crippen molar-refractivity contribution >= 4 is 23.6 Å². The molecule has 0 radical (unpaired) electrons. The van der Waals surface area contributed by atoms with Gasteiger partial charge in [-0.05, 0) is 18.4 Å². The Morgan fingerprint density at radius 3 is 2.77 bits per heavy atom. The van der Waals surface area contributed by atoms with Gasteiger partial charge in [0.1, 0.15) is 6.04 Å². The van der Waals surface area contributed by atoms with E-state index in [1.165, 1.54) is 12.7 Å². The van der Waals surface area contributed by atoms with Gasteiger partial charge in [-0.2, -0.15) is 11.8 Å². The number of carbonyl (C=O) groups excluding carboxylic acids is 2. The smallest absolute Gasteiger partial charge is 0.328 e. The Balaban J connectivity index is 1.82. The van der Waals surface area contributed by atoms with Crippen molar-refractivity contribution in [3.05, 3.63) is 35.9 Å². The van der Waals surface area contributed by atoms with Crippen LogP contribution in [0, 0.1) is 5.92 Å². The second-order valence-electron chi connectivity index (χ2n) is 5.61. The number of thioether (sulfide) groups is 1. The van der Waals surface area contributed by atoms with Crippen molar-refractivity contribution in [3.63, 3.8) is 0 Å².